The molecule has 2 aromatic carbocycles. The third-order valence-electron chi connectivity index (χ3n) is 3.47. The molecule has 0 bridgehead atoms. The van der Waals surface area contributed by atoms with E-state index in [2.05, 4.69) is 34.9 Å². The van der Waals surface area contributed by atoms with E-state index in [1.165, 1.54) is 5.56 Å². The first-order chi connectivity index (χ1) is 10.8. The van der Waals surface area contributed by atoms with Crippen LogP contribution in [0.2, 0.25) is 0 Å². The number of nitrogens with one attached hydrogen (secondary N) is 2. The maximum absolute atomic E-state index is 11.9. The molecule has 0 atom stereocenters. The molecule has 0 fully saturated rings. The molecule has 0 heterocycles. The highest BCUT2D eigenvalue weighted by Gasteiger charge is 2.04. The van der Waals surface area contributed by atoms with Crippen molar-refractivity contribution in [3.63, 3.8) is 0 Å². The van der Waals surface area contributed by atoms with Crippen molar-refractivity contribution in [3.05, 3.63) is 65.7 Å². The molecule has 0 unspecified atom stereocenters. The Morgan fingerprint density at radius 2 is 1.82 bits per heavy atom. The Hall–Kier alpha value is -2.29. The van der Waals surface area contributed by atoms with Crippen molar-refractivity contribution in [2.45, 2.75) is 26.2 Å². The lowest BCUT2D eigenvalue weighted by molar-refractivity contribution is 0.0953. The molecule has 2 rings (SSSR count). The van der Waals surface area contributed by atoms with Gasteiger partial charge in [-0.3, -0.25) is 4.79 Å². The molecule has 0 saturated heterocycles. The van der Waals surface area contributed by atoms with Gasteiger partial charge in [0.15, 0.2) is 0 Å². The van der Waals surface area contributed by atoms with Crippen LogP contribution in [0.5, 0.6) is 0 Å². The Labute approximate surface area is 132 Å². The highest BCUT2D eigenvalue weighted by atomic mass is 16.1. The van der Waals surface area contributed by atoms with E-state index >= 15 is 0 Å². The van der Waals surface area contributed by atoms with E-state index in [-0.39, 0.29) is 5.91 Å². The van der Waals surface area contributed by atoms with Crippen molar-refractivity contribution in [3.8, 4) is 0 Å². The summed E-state index contributed by atoms with van der Waals surface area (Å²) in [6, 6.07) is 18.2. The normalized spacial score (nSPS) is 10.2. The summed E-state index contributed by atoms with van der Waals surface area (Å²) in [5.74, 6) is -0.00483. The number of amides is 1. The van der Waals surface area contributed by atoms with E-state index in [1.54, 1.807) is 0 Å². The van der Waals surface area contributed by atoms with Gasteiger partial charge < -0.3 is 10.6 Å². The van der Waals surface area contributed by atoms with E-state index in [1.807, 2.05) is 37.3 Å². The Morgan fingerprint density at radius 3 is 2.59 bits per heavy atom. The number of aryl methyl sites for hydroxylation is 1. The SMILES string of the molecule is CCCNC(=O)c1cccc(NCCCc2ccccc2)c1. The van der Waals surface area contributed by atoms with Crippen LogP contribution in [0.3, 0.4) is 0 Å². The molecule has 0 aliphatic carbocycles. The molecule has 116 valence electrons. The molecule has 0 radical (unpaired) electrons. The van der Waals surface area contributed by atoms with Gasteiger partial charge in [-0.15, -0.1) is 0 Å². The summed E-state index contributed by atoms with van der Waals surface area (Å²) in [6.45, 7) is 3.66. The molecule has 0 aliphatic rings. The third kappa shape index (κ3) is 5.24. The van der Waals surface area contributed by atoms with Crippen molar-refractivity contribution in [2.24, 2.45) is 0 Å². The first-order valence-electron chi connectivity index (χ1n) is 7.95. The second-order valence-electron chi connectivity index (χ2n) is 5.35. The summed E-state index contributed by atoms with van der Waals surface area (Å²) in [5, 5.41) is 6.28. The molecule has 0 aromatic heterocycles. The number of benzene rings is 2. The number of rotatable bonds is 8. The fourth-order valence-electron chi connectivity index (χ4n) is 2.28. The lowest BCUT2D eigenvalue weighted by Crippen LogP contribution is -2.23. The summed E-state index contributed by atoms with van der Waals surface area (Å²) in [4.78, 5) is 11.9. The van der Waals surface area contributed by atoms with Crippen molar-refractivity contribution >= 4 is 11.6 Å². The van der Waals surface area contributed by atoms with Crippen molar-refractivity contribution in [1.29, 1.82) is 0 Å². The average Bonchev–Trinajstić information content (AvgIpc) is 2.58. The van der Waals surface area contributed by atoms with E-state index in [0.29, 0.717) is 12.1 Å². The number of hydrogen-bond acceptors (Lipinski definition) is 2. The second-order valence-corrected chi connectivity index (χ2v) is 5.35. The topological polar surface area (TPSA) is 41.1 Å². The molecule has 2 aromatic rings. The monoisotopic (exact) mass is 296 g/mol. The smallest absolute Gasteiger partial charge is 0.251 e. The predicted octanol–water partition coefficient (Wildman–Crippen LogP) is 3.87. The summed E-state index contributed by atoms with van der Waals surface area (Å²) in [7, 11) is 0. The minimum atomic E-state index is -0.00483. The summed E-state index contributed by atoms with van der Waals surface area (Å²) < 4.78 is 0. The molecule has 3 nitrogen and oxygen atoms in total. The predicted molar refractivity (Wildman–Crippen MR) is 92.3 cm³/mol. The Bertz CT molecular complexity index is 581. The van der Waals surface area contributed by atoms with Crippen molar-refractivity contribution < 1.29 is 4.79 Å². The summed E-state index contributed by atoms with van der Waals surface area (Å²) in [5.41, 5.74) is 3.07. The summed E-state index contributed by atoms with van der Waals surface area (Å²) in [6.07, 6.45) is 3.07. The van der Waals surface area contributed by atoms with Crippen LogP contribution in [0.1, 0.15) is 35.7 Å². The number of hydrogen-bond donors (Lipinski definition) is 2. The number of carbonyl (C=O) groups is 1. The zero-order valence-electron chi connectivity index (χ0n) is 13.1. The number of anilines is 1. The van der Waals surface area contributed by atoms with Crippen LogP contribution in [-0.2, 0) is 6.42 Å². The van der Waals surface area contributed by atoms with Gasteiger partial charge in [-0.1, -0.05) is 43.3 Å². The van der Waals surface area contributed by atoms with Crippen molar-refractivity contribution in [2.75, 3.05) is 18.4 Å². The van der Waals surface area contributed by atoms with Crippen LogP contribution < -0.4 is 10.6 Å². The number of carbonyl (C=O) groups excluding carboxylic acids is 1. The van der Waals surface area contributed by atoms with Gasteiger partial charge in [0.1, 0.15) is 0 Å². The summed E-state index contributed by atoms with van der Waals surface area (Å²) >= 11 is 0. The minimum Gasteiger partial charge on any atom is -0.385 e. The lowest BCUT2D eigenvalue weighted by Gasteiger charge is -2.09. The van der Waals surface area contributed by atoms with Crippen molar-refractivity contribution in [1.82, 2.24) is 5.32 Å². The molecule has 0 saturated carbocycles. The maximum Gasteiger partial charge on any atom is 0.251 e. The molecular weight excluding hydrogens is 272 g/mol. The van der Waals surface area contributed by atoms with Gasteiger partial charge in [0.2, 0.25) is 0 Å². The Morgan fingerprint density at radius 1 is 1.00 bits per heavy atom. The maximum atomic E-state index is 11.9. The first-order valence-corrected chi connectivity index (χ1v) is 7.95. The van der Waals surface area contributed by atoms with E-state index in [4.69, 9.17) is 0 Å². The molecule has 0 spiro atoms. The van der Waals surface area contributed by atoms with Gasteiger partial charge >= 0.3 is 0 Å². The third-order valence-corrected chi connectivity index (χ3v) is 3.47. The van der Waals surface area contributed by atoms with Crippen LogP contribution in [0.4, 0.5) is 5.69 Å². The van der Waals surface area contributed by atoms with Gasteiger partial charge in [0.05, 0.1) is 0 Å². The highest BCUT2D eigenvalue weighted by Crippen LogP contribution is 2.11. The van der Waals surface area contributed by atoms with Crippen LogP contribution in [0.15, 0.2) is 54.6 Å². The van der Waals surface area contributed by atoms with Gasteiger partial charge in [-0.2, -0.15) is 0 Å². The molecular formula is C19H24N2O. The van der Waals surface area contributed by atoms with Crippen LogP contribution in [0, 0.1) is 0 Å². The Balaban J connectivity index is 1.79. The quantitative estimate of drug-likeness (QED) is 0.726. The fraction of sp³-hybridized carbons (Fsp3) is 0.316. The fourth-order valence-corrected chi connectivity index (χ4v) is 2.28. The Kier molecular flexibility index (Phi) is 6.49. The first kappa shape index (κ1) is 16.1. The van der Waals surface area contributed by atoms with E-state index in [0.717, 1.165) is 31.5 Å². The highest BCUT2D eigenvalue weighted by molar-refractivity contribution is 5.95. The zero-order valence-corrected chi connectivity index (χ0v) is 13.1. The van der Waals surface area contributed by atoms with Crippen LogP contribution in [0.25, 0.3) is 0 Å². The van der Waals surface area contributed by atoms with Crippen LogP contribution >= 0.6 is 0 Å². The molecule has 0 aliphatic heterocycles. The van der Waals surface area contributed by atoms with Crippen LogP contribution in [-0.4, -0.2) is 19.0 Å². The molecule has 22 heavy (non-hydrogen) atoms. The standard InChI is InChI=1S/C19H24N2O/c1-2-13-21-19(22)17-11-6-12-18(15-17)20-14-7-10-16-8-4-3-5-9-16/h3-6,8-9,11-12,15,20H,2,7,10,13-14H2,1H3,(H,21,22). The van der Waals surface area contributed by atoms with E-state index in [9.17, 15) is 4.79 Å². The van der Waals surface area contributed by atoms with Gasteiger partial charge in [-0.25, -0.2) is 0 Å². The second kappa shape index (κ2) is 8.88. The molecule has 1 amide bonds. The van der Waals surface area contributed by atoms with Gasteiger partial charge in [-0.05, 0) is 43.0 Å². The van der Waals surface area contributed by atoms with Gasteiger partial charge in [0, 0.05) is 24.3 Å². The lowest BCUT2D eigenvalue weighted by atomic mass is 10.1. The minimum absolute atomic E-state index is 0.00483. The zero-order chi connectivity index (χ0) is 15.6. The average molecular weight is 296 g/mol. The molecule has 3 heteroatoms. The van der Waals surface area contributed by atoms with Gasteiger partial charge in [0.25, 0.3) is 5.91 Å². The molecule has 2 N–H and O–H groups in total. The largest absolute Gasteiger partial charge is 0.385 e. The van der Waals surface area contributed by atoms with E-state index < -0.39 is 0 Å².